The van der Waals surface area contributed by atoms with Gasteiger partial charge in [0.2, 0.25) is 5.95 Å². The predicted octanol–water partition coefficient (Wildman–Crippen LogP) is 2.82. The van der Waals surface area contributed by atoms with E-state index in [1.807, 2.05) is 7.05 Å². The maximum absolute atomic E-state index is 6.19. The number of nitrogen functional groups attached to an aromatic ring is 1. The van der Waals surface area contributed by atoms with Gasteiger partial charge < -0.3 is 4.90 Å². The van der Waals surface area contributed by atoms with E-state index in [2.05, 4.69) is 27.2 Å². The van der Waals surface area contributed by atoms with Gasteiger partial charge in [-0.15, -0.1) is 0 Å². The van der Waals surface area contributed by atoms with Gasteiger partial charge >= 0.3 is 0 Å². The Morgan fingerprint density at radius 2 is 2.11 bits per heavy atom. The van der Waals surface area contributed by atoms with E-state index >= 15 is 0 Å². The van der Waals surface area contributed by atoms with Crippen LogP contribution in [0.5, 0.6) is 0 Å². The third-order valence-corrected chi connectivity index (χ3v) is 4.40. The number of nitrogens with zero attached hydrogens (tertiary/aromatic N) is 3. The first kappa shape index (κ1) is 14.3. The van der Waals surface area contributed by atoms with Gasteiger partial charge in [-0.1, -0.05) is 24.9 Å². The molecule has 0 aliphatic heterocycles. The molecule has 2 rings (SSSR count). The summed E-state index contributed by atoms with van der Waals surface area (Å²) in [4.78, 5) is 10.5. The summed E-state index contributed by atoms with van der Waals surface area (Å²) in [7, 11) is 2.05. The smallest absolute Gasteiger partial charge is 0.239 e. The number of hydrogen-bond donors (Lipinski definition) is 2. The molecule has 1 aromatic rings. The zero-order valence-electron chi connectivity index (χ0n) is 11.6. The largest absolute Gasteiger partial charge is 0.355 e. The summed E-state index contributed by atoms with van der Waals surface area (Å²) in [6.45, 7) is 2.27. The summed E-state index contributed by atoms with van der Waals surface area (Å²) in [6, 6.07) is 0.501. The summed E-state index contributed by atoms with van der Waals surface area (Å²) in [5, 5.41) is 0.569. The number of halogens is 1. The standard InChI is InChI=1S/C13H22ClN5/c1-3-9-4-6-10(7-5-9)19(2)12-11(14)8-16-13(17-12)18-15/h8-10H,3-7,15H2,1-2H3,(H,16,17,18). The van der Waals surface area contributed by atoms with Crippen LogP contribution in [0.4, 0.5) is 11.8 Å². The number of hydrazine groups is 1. The first-order valence-electron chi connectivity index (χ1n) is 6.87. The molecule has 0 saturated heterocycles. The molecule has 3 N–H and O–H groups in total. The van der Waals surface area contributed by atoms with Crippen molar-refractivity contribution in [1.82, 2.24) is 9.97 Å². The Morgan fingerprint density at radius 1 is 1.42 bits per heavy atom. The zero-order chi connectivity index (χ0) is 13.8. The monoisotopic (exact) mass is 283 g/mol. The number of anilines is 2. The topological polar surface area (TPSA) is 67.1 Å². The number of nitrogens with two attached hydrogens (primary N) is 1. The fraction of sp³-hybridized carbons (Fsp3) is 0.692. The molecule has 0 spiro atoms. The second-order valence-electron chi connectivity index (χ2n) is 5.20. The minimum atomic E-state index is 0.397. The Morgan fingerprint density at radius 3 is 2.68 bits per heavy atom. The Kier molecular flexibility index (Phi) is 4.82. The van der Waals surface area contributed by atoms with Crippen LogP contribution < -0.4 is 16.2 Å². The van der Waals surface area contributed by atoms with Crippen molar-refractivity contribution in [2.45, 2.75) is 45.1 Å². The minimum Gasteiger partial charge on any atom is -0.355 e. The highest BCUT2D eigenvalue weighted by Gasteiger charge is 2.25. The number of nitrogens with one attached hydrogen (secondary N) is 1. The molecule has 0 amide bonds. The van der Waals surface area contributed by atoms with Crippen LogP contribution in [0.2, 0.25) is 5.02 Å². The van der Waals surface area contributed by atoms with E-state index in [0.29, 0.717) is 17.0 Å². The highest BCUT2D eigenvalue weighted by Crippen LogP contribution is 2.32. The Bertz CT molecular complexity index is 417. The molecule has 1 aliphatic rings. The molecule has 0 atom stereocenters. The molecule has 0 aromatic carbocycles. The van der Waals surface area contributed by atoms with Crippen LogP contribution in [0, 0.1) is 5.92 Å². The van der Waals surface area contributed by atoms with Crippen LogP contribution in [0.25, 0.3) is 0 Å². The predicted molar refractivity (Wildman–Crippen MR) is 79.3 cm³/mol. The van der Waals surface area contributed by atoms with Gasteiger partial charge in [0.05, 0.1) is 6.20 Å². The van der Waals surface area contributed by atoms with Crippen molar-refractivity contribution in [3.8, 4) is 0 Å². The van der Waals surface area contributed by atoms with Crippen LogP contribution in [0.3, 0.4) is 0 Å². The van der Waals surface area contributed by atoms with Gasteiger partial charge in [-0.05, 0) is 31.6 Å². The number of aromatic nitrogens is 2. The Balaban J connectivity index is 2.09. The van der Waals surface area contributed by atoms with Crippen LogP contribution in [0.15, 0.2) is 6.20 Å². The van der Waals surface area contributed by atoms with Crippen molar-refractivity contribution in [2.24, 2.45) is 11.8 Å². The molecule has 19 heavy (non-hydrogen) atoms. The molecule has 106 valence electrons. The van der Waals surface area contributed by atoms with Gasteiger partial charge in [0.15, 0.2) is 5.82 Å². The van der Waals surface area contributed by atoms with Gasteiger partial charge in [-0.2, -0.15) is 4.98 Å². The van der Waals surface area contributed by atoms with Crippen LogP contribution in [-0.2, 0) is 0 Å². The third-order valence-electron chi connectivity index (χ3n) is 4.13. The van der Waals surface area contributed by atoms with Crippen LogP contribution in [-0.4, -0.2) is 23.1 Å². The summed E-state index contributed by atoms with van der Waals surface area (Å²) >= 11 is 6.19. The molecular formula is C13H22ClN5. The van der Waals surface area contributed by atoms with Gasteiger partial charge in [-0.3, -0.25) is 5.43 Å². The molecule has 1 aliphatic carbocycles. The van der Waals surface area contributed by atoms with Crippen molar-refractivity contribution >= 4 is 23.4 Å². The lowest BCUT2D eigenvalue weighted by Crippen LogP contribution is -2.36. The van der Waals surface area contributed by atoms with E-state index in [-0.39, 0.29) is 0 Å². The SMILES string of the molecule is CCC1CCC(N(C)c2nc(NN)ncc2Cl)CC1. The average Bonchev–Trinajstić information content (AvgIpc) is 2.47. The zero-order valence-corrected chi connectivity index (χ0v) is 12.3. The van der Waals surface area contributed by atoms with Crippen molar-refractivity contribution in [3.63, 3.8) is 0 Å². The fourth-order valence-electron chi connectivity index (χ4n) is 2.79. The summed E-state index contributed by atoms with van der Waals surface area (Å²) in [5.74, 6) is 7.38. The molecule has 0 unspecified atom stereocenters. The van der Waals surface area contributed by atoms with Gasteiger partial charge in [0.1, 0.15) is 5.02 Å². The van der Waals surface area contributed by atoms with Gasteiger partial charge in [0, 0.05) is 13.1 Å². The number of hydrogen-bond acceptors (Lipinski definition) is 5. The highest BCUT2D eigenvalue weighted by atomic mass is 35.5. The Hall–Kier alpha value is -1.07. The third kappa shape index (κ3) is 3.28. The molecule has 0 radical (unpaired) electrons. The molecule has 5 nitrogen and oxygen atoms in total. The van der Waals surface area contributed by atoms with Gasteiger partial charge in [0.25, 0.3) is 0 Å². The van der Waals surface area contributed by atoms with E-state index in [9.17, 15) is 0 Å². The van der Waals surface area contributed by atoms with E-state index in [4.69, 9.17) is 17.4 Å². The van der Waals surface area contributed by atoms with Crippen molar-refractivity contribution in [3.05, 3.63) is 11.2 Å². The second-order valence-corrected chi connectivity index (χ2v) is 5.61. The van der Waals surface area contributed by atoms with E-state index in [1.165, 1.54) is 32.1 Å². The lowest BCUT2D eigenvalue weighted by Gasteiger charge is -2.35. The molecule has 1 heterocycles. The van der Waals surface area contributed by atoms with Crippen molar-refractivity contribution in [2.75, 3.05) is 17.4 Å². The summed E-state index contributed by atoms with van der Waals surface area (Å²) in [5.41, 5.74) is 2.46. The molecule has 6 heteroatoms. The molecule has 1 aromatic heterocycles. The quantitative estimate of drug-likeness (QED) is 0.657. The minimum absolute atomic E-state index is 0.397. The van der Waals surface area contributed by atoms with Crippen LogP contribution >= 0.6 is 11.6 Å². The molecule has 0 bridgehead atoms. The Labute approximate surface area is 119 Å². The first-order chi connectivity index (χ1) is 9.15. The fourth-order valence-corrected chi connectivity index (χ4v) is 3.01. The maximum atomic E-state index is 6.19. The molecular weight excluding hydrogens is 262 g/mol. The normalized spacial score (nSPS) is 23.2. The molecule has 1 saturated carbocycles. The average molecular weight is 284 g/mol. The van der Waals surface area contributed by atoms with Gasteiger partial charge in [-0.25, -0.2) is 10.8 Å². The van der Waals surface area contributed by atoms with E-state index < -0.39 is 0 Å². The summed E-state index contributed by atoms with van der Waals surface area (Å²) in [6.07, 6.45) is 7.84. The second kappa shape index (κ2) is 6.39. The lowest BCUT2D eigenvalue weighted by atomic mass is 9.84. The highest BCUT2D eigenvalue weighted by molar-refractivity contribution is 6.32. The van der Waals surface area contributed by atoms with Crippen LogP contribution in [0.1, 0.15) is 39.0 Å². The maximum Gasteiger partial charge on any atom is 0.239 e. The molecule has 1 fully saturated rings. The van der Waals surface area contributed by atoms with E-state index in [0.717, 1.165) is 11.7 Å². The lowest BCUT2D eigenvalue weighted by molar-refractivity contribution is 0.313. The van der Waals surface area contributed by atoms with E-state index in [1.54, 1.807) is 6.20 Å². The van der Waals surface area contributed by atoms with Crippen molar-refractivity contribution in [1.29, 1.82) is 0 Å². The number of rotatable bonds is 4. The summed E-state index contributed by atoms with van der Waals surface area (Å²) < 4.78 is 0. The first-order valence-corrected chi connectivity index (χ1v) is 7.25. The van der Waals surface area contributed by atoms with Crippen molar-refractivity contribution < 1.29 is 0 Å².